The maximum atomic E-state index is 13.8. The largest absolute Gasteiger partial charge is 0.386 e. The number of benzene rings is 1. The van der Waals surface area contributed by atoms with Gasteiger partial charge in [-0.2, -0.15) is 0 Å². The number of hydrogen-bond donors (Lipinski definition) is 1. The second kappa shape index (κ2) is 3.32. The maximum absolute atomic E-state index is 13.8. The van der Waals surface area contributed by atoms with Gasteiger partial charge in [0.25, 0.3) is 0 Å². The van der Waals surface area contributed by atoms with Crippen molar-refractivity contribution < 1.29 is 9.50 Å². The maximum Gasteiger partial charge on any atom is 0.130 e. The average Bonchev–Trinajstić information content (AvgIpc) is 2.39. The molecule has 0 bridgehead atoms. The van der Waals surface area contributed by atoms with Crippen LogP contribution in [0.15, 0.2) is 18.2 Å². The highest BCUT2D eigenvalue weighted by molar-refractivity contribution is 5.82. The zero-order valence-corrected chi connectivity index (χ0v) is 10.0. The Morgan fingerprint density at radius 2 is 1.88 bits per heavy atom. The monoisotopic (exact) mass is 221 g/mol. The van der Waals surface area contributed by atoms with E-state index in [-0.39, 0.29) is 5.82 Å². The molecule has 0 atom stereocenters. The van der Waals surface area contributed by atoms with Gasteiger partial charge in [0.2, 0.25) is 0 Å². The highest BCUT2D eigenvalue weighted by Gasteiger charge is 2.21. The summed E-state index contributed by atoms with van der Waals surface area (Å²) < 4.78 is 15.8. The van der Waals surface area contributed by atoms with Crippen LogP contribution in [-0.4, -0.2) is 9.67 Å². The molecule has 3 heteroatoms. The van der Waals surface area contributed by atoms with Crippen molar-refractivity contribution in [2.45, 2.75) is 26.4 Å². The molecular formula is C13H16FNO. The standard InChI is InChI=1S/C13H16FNO/c1-8-5-9-6-11(14)10(13(2,3)16)7-12(9)15(8)4/h5-7,16H,1-4H3. The molecule has 0 aliphatic carbocycles. The van der Waals surface area contributed by atoms with Gasteiger partial charge in [0.15, 0.2) is 0 Å². The lowest BCUT2D eigenvalue weighted by atomic mass is 9.97. The number of aryl methyl sites for hydroxylation is 2. The van der Waals surface area contributed by atoms with Crippen molar-refractivity contribution >= 4 is 10.9 Å². The molecule has 2 rings (SSSR count). The van der Waals surface area contributed by atoms with Crippen molar-refractivity contribution in [3.63, 3.8) is 0 Å². The van der Waals surface area contributed by atoms with E-state index in [1.54, 1.807) is 19.9 Å². The Labute approximate surface area is 94.3 Å². The number of fused-ring (bicyclic) bond motifs is 1. The Morgan fingerprint density at radius 1 is 1.25 bits per heavy atom. The van der Waals surface area contributed by atoms with E-state index < -0.39 is 5.60 Å². The minimum Gasteiger partial charge on any atom is -0.386 e. The van der Waals surface area contributed by atoms with Crippen LogP contribution in [-0.2, 0) is 12.6 Å². The number of aromatic nitrogens is 1. The minimum atomic E-state index is -1.16. The van der Waals surface area contributed by atoms with Crippen LogP contribution in [0.1, 0.15) is 25.1 Å². The predicted molar refractivity (Wildman–Crippen MR) is 62.9 cm³/mol. The lowest BCUT2D eigenvalue weighted by molar-refractivity contribution is 0.0747. The van der Waals surface area contributed by atoms with Crippen LogP contribution in [0.4, 0.5) is 4.39 Å². The van der Waals surface area contributed by atoms with Crippen LogP contribution in [0.25, 0.3) is 10.9 Å². The molecule has 0 radical (unpaired) electrons. The lowest BCUT2D eigenvalue weighted by Crippen LogP contribution is -2.17. The summed E-state index contributed by atoms with van der Waals surface area (Å²) in [6.45, 7) is 5.15. The molecular weight excluding hydrogens is 205 g/mol. The number of rotatable bonds is 1. The molecule has 1 N–H and O–H groups in total. The zero-order valence-electron chi connectivity index (χ0n) is 10.0. The third kappa shape index (κ3) is 1.61. The van der Waals surface area contributed by atoms with E-state index in [4.69, 9.17) is 0 Å². The second-order valence-corrected chi connectivity index (χ2v) is 4.79. The summed E-state index contributed by atoms with van der Waals surface area (Å²) >= 11 is 0. The van der Waals surface area contributed by atoms with E-state index in [9.17, 15) is 9.50 Å². The van der Waals surface area contributed by atoms with E-state index in [2.05, 4.69) is 0 Å². The van der Waals surface area contributed by atoms with Crippen molar-refractivity contribution in [1.82, 2.24) is 4.57 Å². The van der Waals surface area contributed by atoms with Gasteiger partial charge in [-0.25, -0.2) is 4.39 Å². The summed E-state index contributed by atoms with van der Waals surface area (Å²) in [6, 6.07) is 5.14. The number of halogens is 1. The van der Waals surface area contributed by atoms with Gasteiger partial charge in [0, 0.05) is 29.2 Å². The van der Waals surface area contributed by atoms with E-state index in [1.165, 1.54) is 6.07 Å². The topological polar surface area (TPSA) is 25.2 Å². The molecule has 0 spiro atoms. The zero-order chi connectivity index (χ0) is 12.1. The minimum absolute atomic E-state index is 0.334. The van der Waals surface area contributed by atoms with E-state index >= 15 is 0 Å². The molecule has 2 nitrogen and oxygen atoms in total. The van der Waals surface area contributed by atoms with Crippen LogP contribution in [0, 0.1) is 12.7 Å². The van der Waals surface area contributed by atoms with Gasteiger partial charge in [-0.15, -0.1) is 0 Å². The molecule has 0 aliphatic heterocycles. The summed E-state index contributed by atoms with van der Waals surface area (Å²) in [7, 11) is 1.93. The van der Waals surface area contributed by atoms with Gasteiger partial charge in [-0.3, -0.25) is 0 Å². The van der Waals surface area contributed by atoms with Crippen molar-refractivity contribution in [3.05, 3.63) is 35.3 Å². The first-order valence-corrected chi connectivity index (χ1v) is 5.29. The van der Waals surface area contributed by atoms with Crippen molar-refractivity contribution in [2.24, 2.45) is 7.05 Å². The summed E-state index contributed by atoms with van der Waals surface area (Å²) in [6.07, 6.45) is 0. The first-order valence-electron chi connectivity index (χ1n) is 5.29. The highest BCUT2D eigenvalue weighted by atomic mass is 19.1. The van der Waals surface area contributed by atoms with E-state index in [1.807, 2.05) is 24.6 Å². The Morgan fingerprint density at radius 3 is 2.44 bits per heavy atom. The van der Waals surface area contributed by atoms with Gasteiger partial charge in [-0.1, -0.05) is 0 Å². The van der Waals surface area contributed by atoms with Crippen molar-refractivity contribution in [1.29, 1.82) is 0 Å². The SMILES string of the molecule is Cc1cc2cc(F)c(C(C)(C)O)cc2n1C. The summed E-state index contributed by atoms with van der Waals surface area (Å²) in [4.78, 5) is 0. The van der Waals surface area contributed by atoms with Crippen LogP contribution in [0.5, 0.6) is 0 Å². The fourth-order valence-corrected chi connectivity index (χ4v) is 1.96. The molecule has 86 valence electrons. The third-order valence-electron chi connectivity index (χ3n) is 3.03. The average molecular weight is 221 g/mol. The molecule has 0 amide bonds. The molecule has 0 fully saturated rings. The molecule has 16 heavy (non-hydrogen) atoms. The molecule has 0 unspecified atom stereocenters. The molecule has 2 aromatic rings. The molecule has 0 aliphatic rings. The van der Waals surface area contributed by atoms with Gasteiger partial charge in [0.1, 0.15) is 5.82 Å². The van der Waals surface area contributed by atoms with E-state index in [0.717, 1.165) is 16.6 Å². The Bertz CT molecular complexity index is 549. The fourth-order valence-electron chi connectivity index (χ4n) is 1.96. The number of nitrogens with zero attached hydrogens (tertiary/aromatic N) is 1. The highest BCUT2D eigenvalue weighted by Crippen LogP contribution is 2.28. The molecule has 1 heterocycles. The van der Waals surface area contributed by atoms with Gasteiger partial charge < -0.3 is 9.67 Å². The third-order valence-corrected chi connectivity index (χ3v) is 3.03. The summed E-state index contributed by atoms with van der Waals surface area (Å²) in [5.41, 5.74) is 1.19. The van der Waals surface area contributed by atoms with Gasteiger partial charge in [0.05, 0.1) is 5.60 Å². The van der Waals surface area contributed by atoms with Crippen LogP contribution in [0.3, 0.4) is 0 Å². The molecule has 1 aromatic heterocycles. The summed E-state index contributed by atoms with van der Waals surface area (Å²) in [5, 5.41) is 10.7. The van der Waals surface area contributed by atoms with Gasteiger partial charge >= 0.3 is 0 Å². The Hall–Kier alpha value is -1.35. The normalized spacial score (nSPS) is 12.4. The molecule has 0 saturated heterocycles. The first-order chi connectivity index (χ1) is 7.30. The van der Waals surface area contributed by atoms with E-state index in [0.29, 0.717) is 5.56 Å². The lowest BCUT2D eigenvalue weighted by Gasteiger charge is -2.18. The quantitative estimate of drug-likeness (QED) is 0.787. The smallest absolute Gasteiger partial charge is 0.130 e. The molecule has 0 saturated carbocycles. The Balaban J connectivity index is 2.79. The first kappa shape index (κ1) is 11.1. The van der Waals surface area contributed by atoms with Crippen LogP contribution in [0.2, 0.25) is 0 Å². The second-order valence-electron chi connectivity index (χ2n) is 4.79. The predicted octanol–water partition coefficient (Wildman–Crippen LogP) is 2.85. The Kier molecular flexibility index (Phi) is 2.31. The van der Waals surface area contributed by atoms with Crippen molar-refractivity contribution in [3.8, 4) is 0 Å². The van der Waals surface area contributed by atoms with Crippen molar-refractivity contribution in [2.75, 3.05) is 0 Å². The van der Waals surface area contributed by atoms with Crippen LogP contribution >= 0.6 is 0 Å². The van der Waals surface area contributed by atoms with Gasteiger partial charge in [-0.05, 0) is 39.0 Å². The fraction of sp³-hybridized carbons (Fsp3) is 0.385. The number of aliphatic hydroxyl groups is 1. The van der Waals surface area contributed by atoms with Crippen LogP contribution < -0.4 is 0 Å². The summed E-state index contributed by atoms with van der Waals surface area (Å²) in [5.74, 6) is -0.356. The molecule has 1 aromatic carbocycles. The number of hydrogen-bond acceptors (Lipinski definition) is 1.